The van der Waals surface area contributed by atoms with Crippen molar-refractivity contribution in [2.75, 3.05) is 0 Å². The molecule has 55 heavy (non-hydrogen) atoms. The summed E-state index contributed by atoms with van der Waals surface area (Å²) >= 11 is 34.3. The standard InChI is InChI=1S/C44H52Cl5O4P2/c1-41(2,3)33-17-25-13-27-19-34(42(4,5)6)21-29-15-31-23-36(44(10,11)12)24-32(40(31)53-55(46,47,48)49)16-30-22-35(43(7,8)9)20-28-14-26(18-33)37(25)50-54(45,51-38(27)29)52-39(28)30/h17-24H,13-16H2,1-12H3/q+1. The van der Waals surface area contributed by atoms with Crippen LogP contribution in [0, 0.1) is 0 Å². The van der Waals surface area contributed by atoms with Crippen LogP contribution in [-0.2, 0) is 47.3 Å². The molecular formula is C44H52Cl5O4P2+. The van der Waals surface area contributed by atoms with Gasteiger partial charge >= 0.3 is 334 Å². The molecule has 0 fully saturated rings. The van der Waals surface area contributed by atoms with Gasteiger partial charge in [0, 0.05) is 0 Å². The van der Waals surface area contributed by atoms with E-state index in [2.05, 4.69) is 132 Å². The molecule has 4 nitrogen and oxygen atoms in total. The van der Waals surface area contributed by atoms with Crippen molar-refractivity contribution >= 4 is 67.7 Å². The Morgan fingerprint density at radius 2 is 0.655 bits per heavy atom. The van der Waals surface area contributed by atoms with Crippen LogP contribution in [0.2, 0.25) is 0 Å². The summed E-state index contributed by atoms with van der Waals surface area (Å²) in [7, 11) is -3.66. The molecule has 0 unspecified atom stereocenters. The molecule has 4 aromatic carbocycles. The maximum atomic E-state index is 7.70. The minimum atomic E-state index is -4.66. The Bertz CT molecular complexity index is 2120. The number of rotatable bonds is 2. The van der Waals surface area contributed by atoms with Crippen LogP contribution >= 0.6 is 67.7 Å². The van der Waals surface area contributed by atoms with Gasteiger partial charge in [0.15, 0.2) is 0 Å². The third kappa shape index (κ3) is 8.74. The summed E-state index contributed by atoms with van der Waals surface area (Å²) in [6, 6.07) is 17.8. The Morgan fingerprint density at radius 3 is 0.873 bits per heavy atom. The number of hydrogen-bond acceptors (Lipinski definition) is 4. The van der Waals surface area contributed by atoms with Gasteiger partial charge in [-0.15, -0.1) is 0 Å². The van der Waals surface area contributed by atoms with Gasteiger partial charge in [-0.1, -0.05) is 20.8 Å². The monoisotopic (exact) mass is 881 g/mol. The third-order valence-corrected chi connectivity index (χ3v) is 13.9. The Kier molecular flexibility index (Phi) is 9.97. The van der Waals surface area contributed by atoms with E-state index in [0.29, 0.717) is 42.9 Å². The predicted octanol–water partition coefficient (Wildman–Crippen LogP) is 16.1. The van der Waals surface area contributed by atoms with E-state index in [9.17, 15) is 0 Å². The van der Waals surface area contributed by atoms with E-state index in [-0.39, 0.29) is 21.7 Å². The average Bonchev–Trinajstić information content (AvgIpc) is 2.97. The molecule has 0 aromatic heterocycles. The van der Waals surface area contributed by atoms with E-state index in [4.69, 9.17) is 74.3 Å². The second kappa shape index (κ2) is 13.2. The van der Waals surface area contributed by atoms with Crippen molar-refractivity contribution in [2.24, 2.45) is 0 Å². The number of halogens is 5. The molecule has 0 amide bonds. The zero-order valence-electron chi connectivity index (χ0n) is 33.9. The minimum absolute atomic E-state index is 0.116. The number of benzene rings is 4. The van der Waals surface area contributed by atoms with E-state index in [0.717, 1.165) is 66.9 Å². The first-order chi connectivity index (χ1) is 24.9. The van der Waals surface area contributed by atoms with E-state index in [1.807, 2.05) is 0 Å². The molecule has 3 heterocycles. The van der Waals surface area contributed by atoms with Crippen LogP contribution in [-0.4, -0.2) is 0 Å². The van der Waals surface area contributed by atoms with Gasteiger partial charge in [-0.2, -0.15) is 0 Å². The van der Waals surface area contributed by atoms with E-state index in [1.54, 1.807) is 0 Å². The average molecular weight is 884 g/mol. The molecule has 3 aliphatic heterocycles. The fraction of sp³-hybridized carbons (Fsp3) is 0.455. The van der Waals surface area contributed by atoms with Crippen molar-refractivity contribution in [3.05, 3.63) is 115 Å². The van der Waals surface area contributed by atoms with Gasteiger partial charge in [0.1, 0.15) is 0 Å². The summed E-state index contributed by atoms with van der Waals surface area (Å²) in [5.74, 6) is 2.44. The van der Waals surface area contributed by atoms with Gasteiger partial charge in [-0.3, -0.25) is 0 Å². The van der Waals surface area contributed by atoms with E-state index < -0.39 is 11.5 Å². The quantitative estimate of drug-likeness (QED) is 0.166. The second-order valence-corrected chi connectivity index (χ2v) is 34.7. The summed E-state index contributed by atoms with van der Waals surface area (Å²) in [5, 5.41) is 0. The second-order valence-electron chi connectivity index (χ2n) is 19.7. The molecule has 296 valence electrons. The molecule has 6 bridgehead atoms. The maximum absolute atomic E-state index is 7.70. The van der Waals surface area contributed by atoms with Crippen molar-refractivity contribution in [2.45, 2.75) is 130 Å². The predicted molar refractivity (Wildman–Crippen MR) is 237 cm³/mol. The van der Waals surface area contributed by atoms with Crippen LogP contribution in [0.25, 0.3) is 0 Å². The molecule has 0 atom stereocenters. The fourth-order valence-electron chi connectivity index (χ4n) is 7.61. The zero-order chi connectivity index (χ0) is 40.5. The van der Waals surface area contributed by atoms with Gasteiger partial charge in [-0.05, 0) is 0 Å². The summed E-state index contributed by atoms with van der Waals surface area (Å²) in [4.78, 5) is 0. The topological polar surface area (TPSA) is 36.9 Å². The molecular weight excluding hydrogens is 832 g/mol. The van der Waals surface area contributed by atoms with Crippen molar-refractivity contribution in [3.63, 3.8) is 0 Å². The summed E-state index contributed by atoms with van der Waals surface area (Å²) in [6.45, 7) is 26.7. The molecule has 3 aliphatic rings. The Hall–Kier alpha value is -1.61. The van der Waals surface area contributed by atoms with Gasteiger partial charge in [0.25, 0.3) is 0 Å². The van der Waals surface area contributed by atoms with Gasteiger partial charge in [0.05, 0.1) is 0 Å². The first-order valence-corrected chi connectivity index (χ1v) is 27.1. The van der Waals surface area contributed by atoms with E-state index >= 15 is 0 Å². The fourth-order valence-corrected chi connectivity index (χ4v) is 11.0. The van der Waals surface area contributed by atoms with Gasteiger partial charge in [-0.25, -0.2) is 0 Å². The molecule has 0 saturated carbocycles. The molecule has 7 rings (SSSR count). The van der Waals surface area contributed by atoms with Crippen molar-refractivity contribution in [1.82, 2.24) is 0 Å². The Labute approximate surface area is 352 Å². The Balaban J connectivity index is 1.67. The van der Waals surface area contributed by atoms with Crippen LogP contribution in [0.5, 0.6) is 23.0 Å². The summed E-state index contributed by atoms with van der Waals surface area (Å²) in [6.07, 6.45) is 1.89. The van der Waals surface area contributed by atoms with Crippen molar-refractivity contribution in [1.29, 1.82) is 0 Å². The normalized spacial score (nSPS) is 17.1. The molecule has 0 saturated heterocycles. The van der Waals surface area contributed by atoms with Gasteiger partial charge in [0.2, 0.25) is 0 Å². The molecule has 4 aromatic rings. The molecule has 0 spiro atoms. The number of hydrogen-bond donors (Lipinski definition) is 0. The van der Waals surface area contributed by atoms with Crippen LogP contribution < -0.4 is 18.1 Å². The molecule has 0 radical (unpaired) electrons. The Morgan fingerprint density at radius 1 is 0.436 bits per heavy atom. The first-order valence-electron chi connectivity index (χ1n) is 18.8. The van der Waals surface area contributed by atoms with Crippen molar-refractivity contribution in [3.8, 4) is 23.0 Å². The zero-order valence-corrected chi connectivity index (χ0v) is 39.4. The third-order valence-electron chi connectivity index (χ3n) is 10.8. The SMILES string of the molecule is CC(C)(C)c1cc2c3c(c1)Cc1cc(C(C)(C)C)cc4c1O[P+](Cl)(O3)Oc1c(cc(C(C)(C)C)cc1Cc1cc(C(C)(C)C)cc(c1OP(Cl)(Cl)(Cl)Cl)C4)C2. The van der Waals surface area contributed by atoms with Crippen LogP contribution in [0.1, 0.15) is 150 Å². The van der Waals surface area contributed by atoms with E-state index in [1.165, 1.54) is 5.56 Å². The van der Waals surface area contributed by atoms with Crippen molar-refractivity contribution < 1.29 is 18.1 Å². The van der Waals surface area contributed by atoms with Crippen LogP contribution in [0.15, 0.2) is 48.5 Å². The van der Waals surface area contributed by atoms with Crippen LogP contribution in [0.3, 0.4) is 0 Å². The van der Waals surface area contributed by atoms with Gasteiger partial charge < -0.3 is 0 Å². The number of fused-ring (bicyclic) bond motifs is 2. The first kappa shape index (κ1) is 41.5. The molecule has 0 aliphatic carbocycles. The molecule has 11 heteroatoms. The van der Waals surface area contributed by atoms with Crippen LogP contribution in [0.4, 0.5) is 0 Å². The summed E-state index contributed by atoms with van der Waals surface area (Å²) in [5.41, 5.74) is 11.5. The summed E-state index contributed by atoms with van der Waals surface area (Å²) < 4.78 is 22.8. The molecule has 0 N–H and O–H groups in total.